The van der Waals surface area contributed by atoms with Crippen molar-refractivity contribution in [3.05, 3.63) is 65.2 Å². The van der Waals surface area contributed by atoms with Gasteiger partial charge in [-0.05, 0) is 74.5 Å². The van der Waals surface area contributed by atoms with E-state index in [0.29, 0.717) is 11.8 Å². The van der Waals surface area contributed by atoms with Gasteiger partial charge in [-0.25, -0.2) is 0 Å². The number of unbranched alkanes of at least 4 members (excludes halogenated alkanes) is 1. The summed E-state index contributed by atoms with van der Waals surface area (Å²) in [6, 6.07) is 17.0. The summed E-state index contributed by atoms with van der Waals surface area (Å²) in [5.41, 5.74) is 3.18. The number of hydrogen-bond donors (Lipinski definition) is 1. The van der Waals surface area contributed by atoms with Crippen LogP contribution in [-0.2, 0) is 6.42 Å². The van der Waals surface area contributed by atoms with Gasteiger partial charge >= 0.3 is 0 Å². The molecule has 1 aliphatic rings. The molecular weight excluding hydrogens is 404 g/mol. The van der Waals surface area contributed by atoms with E-state index in [9.17, 15) is 5.11 Å². The maximum absolute atomic E-state index is 11.9. The molecule has 1 saturated carbocycles. The van der Waals surface area contributed by atoms with Crippen molar-refractivity contribution in [3.63, 3.8) is 0 Å². The second-order valence-corrected chi connectivity index (χ2v) is 10.5. The summed E-state index contributed by atoms with van der Waals surface area (Å²) in [5, 5.41) is 11.9. The fraction of sp³-hybridized carbons (Fsp3) is 0.613. The van der Waals surface area contributed by atoms with E-state index in [1.165, 1.54) is 61.6 Å². The largest absolute Gasteiger partial charge is 0.493 e. The van der Waals surface area contributed by atoms with Crippen molar-refractivity contribution < 1.29 is 9.84 Å². The number of aryl methyl sites for hydroxylation is 2. The quantitative estimate of drug-likeness (QED) is 0.349. The second-order valence-electron chi connectivity index (χ2n) is 10.5. The van der Waals surface area contributed by atoms with E-state index >= 15 is 0 Å². The van der Waals surface area contributed by atoms with Crippen LogP contribution in [0, 0.1) is 25.7 Å². The van der Waals surface area contributed by atoms with E-state index in [-0.39, 0.29) is 0 Å². The van der Waals surface area contributed by atoms with Crippen LogP contribution in [0.15, 0.2) is 48.5 Å². The first-order valence-corrected chi connectivity index (χ1v) is 13.5. The molecule has 1 N–H and O–H groups in total. The van der Waals surface area contributed by atoms with Crippen molar-refractivity contribution in [1.82, 2.24) is 0 Å². The van der Waals surface area contributed by atoms with Gasteiger partial charge < -0.3 is 9.84 Å². The molecule has 3 unspecified atom stereocenters. The Labute approximate surface area is 202 Å². The summed E-state index contributed by atoms with van der Waals surface area (Å²) in [6.45, 7) is 7.38. The third-order valence-corrected chi connectivity index (χ3v) is 7.88. The van der Waals surface area contributed by atoms with E-state index < -0.39 is 5.60 Å². The number of benzene rings is 2. The van der Waals surface area contributed by atoms with Crippen molar-refractivity contribution in [2.75, 3.05) is 6.61 Å². The Morgan fingerprint density at radius 1 is 0.939 bits per heavy atom. The Morgan fingerprint density at radius 2 is 1.67 bits per heavy atom. The molecule has 182 valence electrons. The minimum Gasteiger partial charge on any atom is -0.493 e. The number of rotatable bonds is 11. The van der Waals surface area contributed by atoms with Crippen LogP contribution in [0.5, 0.6) is 5.75 Å². The summed E-state index contributed by atoms with van der Waals surface area (Å²) >= 11 is 0. The summed E-state index contributed by atoms with van der Waals surface area (Å²) in [5.74, 6) is 2.16. The van der Waals surface area contributed by atoms with Crippen LogP contribution in [0.1, 0.15) is 94.2 Å². The molecule has 0 amide bonds. The summed E-state index contributed by atoms with van der Waals surface area (Å²) in [6.07, 6.45) is 13.9. The Balaban J connectivity index is 1.53. The summed E-state index contributed by atoms with van der Waals surface area (Å²) in [7, 11) is 0. The molecule has 2 heteroatoms. The minimum atomic E-state index is -0.555. The van der Waals surface area contributed by atoms with E-state index in [0.717, 1.165) is 44.5 Å². The molecule has 0 aliphatic heterocycles. The van der Waals surface area contributed by atoms with Crippen LogP contribution < -0.4 is 4.74 Å². The molecule has 0 aromatic heterocycles. The normalized spacial score (nSPS) is 22.4. The lowest BCUT2D eigenvalue weighted by molar-refractivity contribution is -0.0457. The molecule has 2 aromatic carbocycles. The fourth-order valence-corrected chi connectivity index (χ4v) is 5.79. The highest BCUT2D eigenvalue weighted by molar-refractivity contribution is 5.39. The number of hydrogen-bond acceptors (Lipinski definition) is 2. The number of aliphatic hydroxyl groups is 1. The third-order valence-electron chi connectivity index (χ3n) is 7.88. The van der Waals surface area contributed by atoms with Gasteiger partial charge in [-0.1, -0.05) is 94.0 Å². The first-order chi connectivity index (χ1) is 16.0. The molecule has 1 aliphatic carbocycles. The highest BCUT2D eigenvalue weighted by Gasteiger charge is 2.37. The minimum absolute atomic E-state index is 0.411. The molecule has 0 radical (unpaired) electrons. The molecule has 2 nitrogen and oxygen atoms in total. The molecule has 3 rings (SSSR count). The average Bonchev–Trinajstić information content (AvgIpc) is 2.80. The Morgan fingerprint density at radius 3 is 2.39 bits per heavy atom. The average molecular weight is 451 g/mol. The van der Waals surface area contributed by atoms with Gasteiger partial charge in [0.15, 0.2) is 0 Å². The van der Waals surface area contributed by atoms with Crippen molar-refractivity contribution in [2.24, 2.45) is 11.8 Å². The fourth-order valence-electron chi connectivity index (χ4n) is 5.79. The summed E-state index contributed by atoms with van der Waals surface area (Å²) in [4.78, 5) is 0. The lowest BCUT2D eigenvalue weighted by atomic mass is 9.70. The molecule has 0 spiro atoms. The molecule has 1 fully saturated rings. The Kier molecular flexibility index (Phi) is 10.3. The van der Waals surface area contributed by atoms with Gasteiger partial charge in [0.2, 0.25) is 0 Å². The van der Waals surface area contributed by atoms with E-state index in [1.54, 1.807) is 0 Å². The zero-order valence-electron chi connectivity index (χ0n) is 21.3. The van der Waals surface area contributed by atoms with Gasteiger partial charge in [-0.3, -0.25) is 0 Å². The number of para-hydroxylation sites is 1. The van der Waals surface area contributed by atoms with Crippen LogP contribution in [0.4, 0.5) is 0 Å². The lowest BCUT2D eigenvalue weighted by Gasteiger charge is -2.40. The standard InChI is InChI=1S/C31H46O2/c1-4-27(17-11-13-22-33-30-25(2)15-14-16-26(30)3)23-29-20-10-5-6-12-21-31(29,32)24-28-18-8-7-9-19-28/h7-9,14-16,18-19,27,29,32H,4-6,10-13,17,20-24H2,1-3H3. The summed E-state index contributed by atoms with van der Waals surface area (Å²) < 4.78 is 6.12. The van der Waals surface area contributed by atoms with Gasteiger partial charge in [0.1, 0.15) is 5.75 Å². The lowest BCUT2D eigenvalue weighted by Crippen LogP contribution is -2.42. The van der Waals surface area contributed by atoms with Crippen LogP contribution in [0.3, 0.4) is 0 Å². The van der Waals surface area contributed by atoms with Gasteiger partial charge in [0, 0.05) is 6.42 Å². The maximum atomic E-state index is 11.9. The smallest absolute Gasteiger partial charge is 0.125 e. The van der Waals surface area contributed by atoms with E-state index in [2.05, 4.69) is 69.3 Å². The van der Waals surface area contributed by atoms with Crippen molar-refractivity contribution in [3.8, 4) is 5.75 Å². The number of ether oxygens (including phenoxy) is 1. The zero-order valence-corrected chi connectivity index (χ0v) is 21.3. The van der Waals surface area contributed by atoms with E-state index in [1.807, 2.05) is 0 Å². The van der Waals surface area contributed by atoms with E-state index in [4.69, 9.17) is 4.74 Å². The zero-order chi connectivity index (χ0) is 23.5. The molecule has 0 bridgehead atoms. The van der Waals surface area contributed by atoms with Crippen molar-refractivity contribution in [1.29, 1.82) is 0 Å². The highest BCUT2D eigenvalue weighted by atomic mass is 16.5. The predicted octanol–water partition coefficient (Wildman–Crippen LogP) is 8.21. The Hall–Kier alpha value is -1.80. The van der Waals surface area contributed by atoms with Gasteiger partial charge in [-0.2, -0.15) is 0 Å². The third kappa shape index (κ3) is 7.88. The predicted molar refractivity (Wildman–Crippen MR) is 140 cm³/mol. The topological polar surface area (TPSA) is 29.5 Å². The molecule has 0 saturated heterocycles. The first-order valence-electron chi connectivity index (χ1n) is 13.5. The monoisotopic (exact) mass is 450 g/mol. The molecule has 3 atom stereocenters. The van der Waals surface area contributed by atoms with Gasteiger partial charge in [0.05, 0.1) is 12.2 Å². The molecule has 2 aromatic rings. The van der Waals surface area contributed by atoms with Crippen LogP contribution in [0.25, 0.3) is 0 Å². The second kappa shape index (κ2) is 13.2. The van der Waals surface area contributed by atoms with Crippen LogP contribution in [-0.4, -0.2) is 17.3 Å². The molecule has 33 heavy (non-hydrogen) atoms. The van der Waals surface area contributed by atoms with Crippen LogP contribution in [0.2, 0.25) is 0 Å². The molecular formula is C31H46O2. The molecule has 0 heterocycles. The maximum Gasteiger partial charge on any atom is 0.125 e. The highest BCUT2D eigenvalue weighted by Crippen LogP contribution is 2.39. The first kappa shape index (κ1) is 25.8. The van der Waals surface area contributed by atoms with Gasteiger partial charge in [0.25, 0.3) is 0 Å². The van der Waals surface area contributed by atoms with Crippen molar-refractivity contribution >= 4 is 0 Å². The van der Waals surface area contributed by atoms with Gasteiger partial charge in [-0.15, -0.1) is 0 Å². The Bertz CT molecular complexity index is 795. The van der Waals surface area contributed by atoms with Crippen molar-refractivity contribution in [2.45, 2.75) is 103 Å². The van der Waals surface area contributed by atoms with Crippen LogP contribution >= 0.6 is 0 Å². The SMILES string of the molecule is CCC(CCCCOc1c(C)cccc1C)CC1CCCCCCC1(O)Cc1ccccc1.